The molecule has 0 atom stereocenters. The van der Waals surface area contributed by atoms with Crippen molar-refractivity contribution in [3.8, 4) is 0 Å². The molecule has 0 N–H and O–H groups in total. The second-order valence-electron chi connectivity index (χ2n) is 5.02. The van der Waals surface area contributed by atoms with E-state index >= 15 is 0 Å². The van der Waals surface area contributed by atoms with Gasteiger partial charge >= 0.3 is 0 Å². The molecule has 0 bridgehead atoms. The van der Waals surface area contributed by atoms with Crippen LogP contribution >= 0.6 is 24.0 Å². The molecular formula is C18H14FNOS2. The van der Waals surface area contributed by atoms with Crippen molar-refractivity contribution in [2.45, 2.75) is 13.3 Å². The second kappa shape index (κ2) is 6.64. The Morgan fingerprint density at radius 1 is 1.17 bits per heavy atom. The number of thioether (sulfide) groups is 1. The average molecular weight is 343 g/mol. The summed E-state index contributed by atoms with van der Waals surface area (Å²) >= 11 is 6.57. The van der Waals surface area contributed by atoms with Gasteiger partial charge in [0.2, 0.25) is 0 Å². The lowest BCUT2D eigenvalue weighted by Crippen LogP contribution is -2.28. The van der Waals surface area contributed by atoms with Gasteiger partial charge in [-0.15, -0.1) is 0 Å². The summed E-state index contributed by atoms with van der Waals surface area (Å²) in [4.78, 5) is 14.7. The highest BCUT2D eigenvalue weighted by Gasteiger charge is 2.34. The third-order valence-corrected chi connectivity index (χ3v) is 4.90. The molecule has 1 fully saturated rings. The minimum Gasteiger partial charge on any atom is -0.268 e. The number of thiocarbonyl (C=S) groups is 1. The first-order valence-electron chi connectivity index (χ1n) is 7.22. The van der Waals surface area contributed by atoms with Crippen LogP contribution < -0.4 is 4.90 Å². The second-order valence-corrected chi connectivity index (χ2v) is 6.70. The highest BCUT2D eigenvalue weighted by molar-refractivity contribution is 8.27. The van der Waals surface area contributed by atoms with Gasteiger partial charge in [-0.1, -0.05) is 67.3 Å². The maximum absolute atomic E-state index is 13.8. The summed E-state index contributed by atoms with van der Waals surface area (Å²) in [6.07, 6.45) is 2.36. The summed E-state index contributed by atoms with van der Waals surface area (Å²) in [6.45, 7) is 2.03. The molecule has 1 amide bonds. The van der Waals surface area contributed by atoms with E-state index in [1.54, 1.807) is 24.3 Å². The fraction of sp³-hybridized carbons (Fsp3) is 0.111. The Morgan fingerprint density at radius 3 is 2.61 bits per heavy atom. The van der Waals surface area contributed by atoms with Gasteiger partial charge in [-0.25, -0.2) is 4.39 Å². The van der Waals surface area contributed by atoms with E-state index in [0.29, 0.717) is 14.8 Å². The Hall–Kier alpha value is -1.98. The van der Waals surface area contributed by atoms with E-state index in [1.807, 2.05) is 31.2 Å². The van der Waals surface area contributed by atoms with Crippen molar-refractivity contribution in [3.05, 3.63) is 70.4 Å². The third kappa shape index (κ3) is 3.07. The number of carbonyl (C=O) groups excluding carboxylic acids is 1. The van der Waals surface area contributed by atoms with Crippen molar-refractivity contribution in [1.29, 1.82) is 0 Å². The molecule has 1 heterocycles. The number of hydrogen-bond donors (Lipinski definition) is 0. The zero-order valence-electron chi connectivity index (χ0n) is 12.5. The van der Waals surface area contributed by atoms with Crippen LogP contribution in [0.2, 0.25) is 0 Å². The maximum Gasteiger partial charge on any atom is 0.270 e. The summed E-state index contributed by atoms with van der Waals surface area (Å²) in [6, 6.07) is 14.1. The van der Waals surface area contributed by atoms with E-state index in [0.717, 1.165) is 17.7 Å². The van der Waals surface area contributed by atoms with Crippen LogP contribution in [-0.4, -0.2) is 10.2 Å². The molecule has 1 saturated heterocycles. The number of nitrogens with zero attached hydrogens (tertiary/aromatic N) is 1. The largest absolute Gasteiger partial charge is 0.270 e. The van der Waals surface area contributed by atoms with Crippen molar-refractivity contribution >= 4 is 46.0 Å². The SMILES string of the molecule is CCc1ccccc1N1C(=O)/C(=C/c2ccccc2F)SC1=S. The molecule has 116 valence electrons. The lowest BCUT2D eigenvalue weighted by atomic mass is 10.1. The van der Waals surface area contributed by atoms with Crippen molar-refractivity contribution < 1.29 is 9.18 Å². The summed E-state index contributed by atoms with van der Waals surface area (Å²) in [5.41, 5.74) is 2.24. The lowest BCUT2D eigenvalue weighted by Gasteiger charge is -2.18. The molecule has 2 aromatic rings. The summed E-state index contributed by atoms with van der Waals surface area (Å²) in [7, 11) is 0. The lowest BCUT2D eigenvalue weighted by molar-refractivity contribution is -0.113. The summed E-state index contributed by atoms with van der Waals surface area (Å²) in [5, 5.41) is 0. The van der Waals surface area contributed by atoms with E-state index < -0.39 is 0 Å². The van der Waals surface area contributed by atoms with Gasteiger partial charge in [0.1, 0.15) is 5.82 Å². The van der Waals surface area contributed by atoms with Crippen molar-refractivity contribution in [2.24, 2.45) is 0 Å². The predicted molar refractivity (Wildman–Crippen MR) is 97.9 cm³/mol. The number of para-hydroxylation sites is 1. The Bertz CT molecular complexity index is 816. The van der Waals surface area contributed by atoms with Gasteiger partial charge in [0.05, 0.1) is 10.6 Å². The molecule has 2 nitrogen and oxygen atoms in total. The number of halogens is 1. The molecular weight excluding hydrogens is 329 g/mol. The first kappa shape index (κ1) is 15.9. The number of carbonyl (C=O) groups is 1. The van der Waals surface area contributed by atoms with Gasteiger partial charge in [0.15, 0.2) is 4.32 Å². The van der Waals surface area contributed by atoms with Gasteiger partial charge in [-0.2, -0.15) is 0 Å². The maximum atomic E-state index is 13.8. The average Bonchev–Trinajstić information content (AvgIpc) is 2.83. The highest BCUT2D eigenvalue weighted by Crippen LogP contribution is 2.37. The normalized spacial score (nSPS) is 16.4. The van der Waals surface area contributed by atoms with Gasteiger partial charge in [-0.3, -0.25) is 9.69 Å². The fourth-order valence-electron chi connectivity index (χ4n) is 2.44. The number of benzene rings is 2. The number of hydrogen-bond acceptors (Lipinski definition) is 3. The molecule has 5 heteroatoms. The van der Waals surface area contributed by atoms with E-state index in [4.69, 9.17) is 12.2 Å². The molecule has 0 saturated carbocycles. The van der Waals surface area contributed by atoms with Crippen LogP contribution in [0.4, 0.5) is 10.1 Å². The molecule has 0 aromatic heterocycles. The first-order chi connectivity index (χ1) is 11.1. The van der Waals surface area contributed by atoms with Crippen molar-refractivity contribution in [2.75, 3.05) is 4.90 Å². The van der Waals surface area contributed by atoms with Gasteiger partial charge in [-0.05, 0) is 30.2 Å². The van der Waals surface area contributed by atoms with Gasteiger partial charge in [0, 0.05) is 5.56 Å². The van der Waals surface area contributed by atoms with Gasteiger partial charge in [0.25, 0.3) is 5.91 Å². The monoisotopic (exact) mass is 343 g/mol. The molecule has 0 aliphatic carbocycles. The van der Waals surface area contributed by atoms with Crippen molar-refractivity contribution in [1.82, 2.24) is 0 Å². The van der Waals surface area contributed by atoms with Crippen LogP contribution in [0.25, 0.3) is 6.08 Å². The molecule has 0 unspecified atom stereocenters. The van der Waals surface area contributed by atoms with Crippen LogP contribution in [0, 0.1) is 5.82 Å². The third-order valence-electron chi connectivity index (χ3n) is 3.60. The summed E-state index contributed by atoms with van der Waals surface area (Å²) < 4.78 is 14.3. The van der Waals surface area contributed by atoms with Crippen LogP contribution in [0.15, 0.2) is 53.4 Å². The van der Waals surface area contributed by atoms with E-state index in [9.17, 15) is 9.18 Å². The van der Waals surface area contributed by atoms with Crippen molar-refractivity contribution in [3.63, 3.8) is 0 Å². The quantitative estimate of drug-likeness (QED) is 0.590. The van der Waals surface area contributed by atoms with Gasteiger partial charge < -0.3 is 0 Å². The van der Waals surface area contributed by atoms with Crippen LogP contribution in [0.1, 0.15) is 18.1 Å². The minimum atomic E-state index is -0.355. The standard InChI is InChI=1S/C18H14FNOS2/c1-2-12-7-4-6-10-15(12)20-17(21)16(23-18(20)22)11-13-8-3-5-9-14(13)19/h3-11H,2H2,1H3/b16-11-. The Kier molecular flexibility index (Phi) is 4.59. The molecule has 1 aliphatic rings. The molecule has 2 aromatic carbocycles. The Balaban J connectivity index is 1.99. The highest BCUT2D eigenvalue weighted by atomic mass is 32.2. The minimum absolute atomic E-state index is 0.204. The summed E-state index contributed by atoms with van der Waals surface area (Å²) in [5.74, 6) is -0.559. The van der Waals surface area contributed by atoms with Crippen LogP contribution in [0.3, 0.4) is 0 Å². The zero-order valence-corrected chi connectivity index (χ0v) is 14.1. The van der Waals surface area contributed by atoms with E-state index in [1.165, 1.54) is 22.7 Å². The van der Waals surface area contributed by atoms with E-state index in [-0.39, 0.29) is 11.7 Å². The predicted octanol–water partition coefficient (Wildman–Crippen LogP) is 4.79. The zero-order chi connectivity index (χ0) is 16.4. The van der Waals surface area contributed by atoms with Crippen LogP contribution in [-0.2, 0) is 11.2 Å². The molecule has 1 aliphatic heterocycles. The number of rotatable bonds is 3. The molecule has 0 spiro atoms. The smallest absolute Gasteiger partial charge is 0.268 e. The number of amides is 1. The topological polar surface area (TPSA) is 20.3 Å². The molecule has 3 rings (SSSR count). The Morgan fingerprint density at radius 2 is 1.87 bits per heavy atom. The van der Waals surface area contributed by atoms with E-state index in [2.05, 4.69) is 0 Å². The fourth-order valence-corrected chi connectivity index (χ4v) is 3.71. The molecule has 0 radical (unpaired) electrons. The van der Waals surface area contributed by atoms with Crippen LogP contribution in [0.5, 0.6) is 0 Å². The number of aryl methyl sites for hydroxylation is 1. The number of anilines is 1. The Labute approximate surface area is 144 Å². The first-order valence-corrected chi connectivity index (χ1v) is 8.44. The molecule has 23 heavy (non-hydrogen) atoms.